The highest BCUT2D eigenvalue weighted by Crippen LogP contribution is 2.54. The minimum Gasteiger partial charge on any atom is -0.313 e. The van der Waals surface area contributed by atoms with E-state index in [9.17, 15) is 39.5 Å². The monoisotopic (exact) mass is 395 g/mol. The number of alkyl halides is 9. The van der Waals surface area contributed by atoms with Crippen LogP contribution in [0.3, 0.4) is 0 Å². The summed E-state index contributed by atoms with van der Waals surface area (Å²) in [6.45, 7) is 3.19. The van der Waals surface area contributed by atoms with Crippen LogP contribution in [0, 0.1) is 0 Å². The summed E-state index contributed by atoms with van der Waals surface area (Å²) < 4.78 is 115. The van der Waals surface area contributed by atoms with E-state index in [-0.39, 0.29) is 5.56 Å². The van der Waals surface area contributed by atoms with Crippen molar-refractivity contribution in [2.24, 2.45) is 0 Å². The molecule has 0 aliphatic carbocycles. The van der Waals surface area contributed by atoms with Gasteiger partial charge in [-0.05, 0) is 30.5 Å². The molecule has 0 unspecified atom stereocenters. The third-order valence-electron chi connectivity index (χ3n) is 3.72. The van der Waals surface area contributed by atoms with E-state index in [4.69, 9.17) is 0 Å². The summed E-state index contributed by atoms with van der Waals surface area (Å²) >= 11 is 0. The van der Waals surface area contributed by atoms with Crippen LogP contribution < -0.4 is 5.32 Å². The van der Waals surface area contributed by atoms with Crippen molar-refractivity contribution in [1.29, 1.82) is 0 Å². The van der Waals surface area contributed by atoms with Gasteiger partial charge in [-0.25, -0.2) is 0 Å². The lowest BCUT2D eigenvalue weighted by molar-refractivity contribution is -0.396. The number of halogens is 9. The first kappa shape index (κ1) is 22.6. The maximum Gasteiger partial charge on any atom is 0.460 e. The number of benzene rings is 1. The molecule has 0 amide bonds. The molecule has 0 fully saturated rings. The van der Waals surface area contributed by atoms with Gasteiger partial charge >= 0.3 is 23.9 Å². The molecule has 0 aliphatic rings. The zero-order chi connectivity index (χ0) is 20.2. The number of rotatable bonds is 9. The van der Waals surface area contributed by atoms with Crippen molar-refractivity contribution in [2.45, 2.75) is 56.7 Å². The van der Waals surface area contributed by atoms with E-state index < -0.39 is 36.8 Å². The van der Waals surface area contributed by atoms with Crippen LogP contribution in [0.4, 0.5) is 39.5 Å². The third kappa shape index (κ3) is 4.83. The van der Waals surface area contributed by atoms with Gasteiger partial charge in [-0.1, -0.05) is 31.2 Å². The van der Waals surface area contributed by atoms with E-state index in [2.05, 4.69) is 5.32 Å². The molecule has 0 aliphatic heterocycles. The van der Waals surface area contributed by atoms with Gasteiger partial charge in [0.25, 0.3) is 0 Å². The van der Waals surface area contributed by atoms with Crippen LogP contribution >= 0.6 is 0 Å². The fraction of sp³-hybridized carbons (Fsp3) is 0.625. The summed E-state index contributed by atoms with van der Waals surface area (Å²) in [6, 6.07) is 5.72. The predicted molar refractivity (Wildman–Crippen MR) is 77.7 cm³/mol. The smallest absolute Gasteiger partial charge is 0.313 e. The Morgan fingerprint density at radius 2 is 1.27 bits per heavy atom. The van der Waals surface area contributed by atoms with Crippen LogP contribution in [0.1, 0.15) is 30.9 Å². The molecule has 0 saturated carbocycles. The summed E-state index contributed by atoms with van der Waals surface area (Å²) in [5, 5.41) is 3.07. The Labute approximate surface area is 144 Å². The second kappa shape index (κ2) is 8.06. The normalized spacial score (nSPS) is 13.9. The third-order valence-corrected chi connectivity index (χ3v) is 3.72. The van der Waals surface area contributed by atoms with Gasteiger partial charge in [0, 0.05) is 13.0 Å². The Morgan fingerprint density at radius 3 is 1.73 bits per heavy atom. The van der Waals surface area contributed by atoms with E-state index >= 15 is 0 Å². The molecule has 1 rings (SSSR count). The highest BCUT2D eigenvalue weighted by molar-refractivity contribution is 5.23. The van der Waals surface area contributed by atoms with Crippen LogP contribution in [-0.2, 0) is 13.0 Å². The van der Waals surface area contributed by atoms with Gasteiger partial charge in [0.1, 0.15) is 0 Å². The van der Waals surface area contributed by atoms with Crippen molar-refractivity contribution in [1.82, 2.24) is 5.32 Å². The van der Waals surface area contributed by atoms with Crippen molar-refractivity contribution >= 4 is 0 Å². The Morgan fingerprint density at radius 1 is 0.769 bits per heavy atom. The first-order valence-corrected chi connectivity index (χ1v) is 7.75. The molecule has 10 heteroatoms. The summed E-state index contributed by atoms with van der Waals surface area (Å²) in [6.07, 6.45) is -8.52. The highest BCUT2D eigenvalue weighted by atomic mass is 19.4. The molecule has 26 heavy (non-hydrogen) atoms. The standard InChI is InChI=1S/C16H18F9N/c1-2-9-26-10-12-5-3-11(4-6-12)7-8-13(17,18)14(19,20)15(21,22)16(23,24)25/h3-6,26H,2,7-10H2,1H3. The van der Waals surface area contributed by atoms with Gasteiger partial charge < -0.3 is 5.32 Å². The van der Waals surface area contributed by atoms with Gasteiger partial charge in [-0.3, -0.25) is 0 Å². The Balaban J connectivity index is 2.78. The van der Waals surface area contributed by atoms with Crippen LogP contribution in [0.25, 0.3) is 0 Å². The second-order valence-corrected chi connectivity index (χ2v) is 5.84. The van der Waals surface area contributed by atoms with Gasteiger partial charge in [-0.2, -0.15) is 39.5 Å². The molecule has 150 valence electrons. The predicted octanol–water partition coefficient (Wildman–Crippen LogP) is 5.59. The molecule has 0 radical (unpaired) electrons. The van der Waals surface area contributed by atoms with Crippen molar-refractivity contribution < 1.29 is 39.5 Å². The molecule has 1 nitrogen and oxygen atoms in total. The summed E-state index contributed by atoms with van der Waals surface area (Å²) in [7, 11) is 0. The minimum absolute atomic E-state index is 0.120. The Hall–Kier alpha value is -1.45. The molecular formula is C16H18F9N. The zero-order valence-corrected chi connectivity index (χ0v) is 13.7. The summed E-state index contributed by atoms with van der Waals surface area (Å²) in [5.74, 6) is -18.9. The maximum absolute atomic E-state index is 13.5. The number of hydrogen-bond donors (Lipinski definition) is 1. The number of aryl methyl sites for hydroxylation is 1. The van der Waals surface area contributed by atoms with Gasteiger partial charge in [-0.15, -0.1) is 0 Å². The molecule has 0 heterocycles. The molecule has 1 N–H and O–H groups in total. The van der Waals surface area contributed by atoms with Crippen LogP contribution in [-0.4, -0.2) is 30.5 Å². The van der Waals surface area contributed by atoms with E-state index in [1.807, 2.05) is 6.92 Å². The second-order valence-electron chi connectivity index (χ2n) is 5.84. The molecule has 0 spiro atoms. The average Bonchev–Trinajstić information content (AvgIpc) is 2.53. The zero-order valence-electron chi connectivity index (χ0n) is 13.7. The fourth-order valence-electron chi connectivity index (χ4n) is 2.10. The first-order chi connectivity index (χ1) is 11.8. The quantitative estimate of drug-likeness (QED) is 0.425. The van der Waals surface area contributed by atoms with Crippen molar-refractivity contribution in [2.75, 3.05) is 6.54 Å². The number of nitrogens with one attached hydrogen (secondary N) is 1. The van der Waals surface area contributed by atoms with Crippen LogP contribution in [0.2, 0.25) is 0 Å². The van der Waals surface area contributed by atoms with Crippen molar-refractivity contribution in [3.05, 3.63) is 35.4 Å². The Kier molecular flexibility index (Phi) is 7.00. The van der Waals surface area contributed by atoms with Crippen LogP contribution in [0.15, 0.2) is 24.3 Å². The van der Waals surface area contributed by atoms with E-state index in [0.717, 1.165) is 18.5 Å². The largest absolute Gasteiger partial charge is 0.460 e. The lowest BCUT2D eigenvalue weighted by Crippen LogP contribution is -2.60. The average molecular weight is 395 g/mol. The molecule has 1 aromatic carbocycles. The van der Waals surface area contributed by atoms with Crippen LogP contribution in [0.5, 0.6) is 0 Å². The molecule has 0 saturated heterocycles. The molecular weight excluding hydrogens is 377 g/mol. The minimum atomic E-state index is -6.84. The van der Waals surface area contributed by atoms with E-state index in [1.54, 1.807) is 0 Å². The summed E-state index contributed by atoms with van der Waals surface area (Å²) in [4.78, 5) is 0. The van der Waals surface area contributed by atoms with Gasteiger partial charge in [0.2, 0.25) is 0 Å². The van der Waals surface area contributed by atoms with Crippen molar-refractivity contribution in [3.8, 4) is 0 Å². The maximum atomic E-state index is 13.5. The molecule has 1 aromatic rings. The van der Waals surface area contributed by atoms with E-state index in [0.29, 0.717) is 6.54 Å². The lowest BCUT2D eigenvalue weighted by atomic mass is 9.97. The molecule has 0 aromatic heterocycles. The lowest BCUT2D eigenvalue weighted by Gasteiger charge is -2.33. The topological polar surface area (TPSA) is 12.0 Å². The van der Waals surface area contributed by atoms with E-state index in [1.165, 1.54) is 24.3 Å². The molecule has 0 atom stereocenters. The van der Waals surface area contributed by atoms with Crippen molar-refractivity contribution in [3.63, 3.8) is 0 Å². The number of hydrogen-bond acceptors (Lipinski definition) is 1. The fourth-order valence-corrected chi connectivity index (χ4v) is 2.10. The SMILES string of the molecule is CCCNCc1ccc(CCC(F)(F)C(F)(F)C(F)(F)C(F)(F)F)cc1. The van der Waals surface area contributed by atoms with Gasteiger partial charge in [0.15, 0.2) is 0 Å². The first-order valence-electron chi connectivity index (χ1n) is 7.75. The van der Waals surface area contributed by atoms with Gasteiger partial charge in [0.05, 0.1) is 0 Å². The summed E-state index contributed by atoms with van der Waals surface area (Å²) in [5.41, 5.74) is 0.901. The Bertz CT molecular complexity index is 564. The molecule has 0 bridgehead atoms. The highest BCUT2D eigenvalue weighted by Gasteiger charge is 2.81.